The Bertz CT molecular complexity index is 8660. The summed E-state index contributed by atoms with van der Waals surface area (Å²) in [6.07, 6.45) is 0. The average molecular weight is 1720 g/mol. The number of nitrogens with zero attached hydrogens (tertiary/aromatic N) is 4. The smallest absolute Gasteiger partial charge is 0.0541 e. The number of aromatic nitrogens is 2. The molecule has 0 spiro atoms. The molecule has 0 bridgehead atoms. The first kappa shape index (κ1) is 79.7. The van der Waals surface area contributed by atoms with Crippen LogP contribution in [0.1, 0.15) is 25.0 Å². The molecule has 25 rings (SSSR count). The Kier molecular flexibility index (Phi) is 19.6. The van der Waals surface area contributed by atoms with Gasteiger partial charge in [-0.15, -0.1) is 0 Å². The van der Waals surface area contributed by atoms with Gasteiger partial charge in [-0.2, -0.15) is 0 Å². The van der Waals surface area contributed by atoms with Gasteiger partial charge in [0.15, 0.2) is 0 Å². The van der Waals surface area contributed by atoms with Crippen molar-refractivity contribution < 1.29 is 0 Å². The molecule has 1 aliphatic rings. The van der Waals surface area contributed by atoms with Crippen molar-refractivity contribution in [2.45, 2.75) is 19.3 Å². The van der Waals surface area contributed by atoms with Crippen LogP contribution in [0, 0.1) is 0 Å². The largest absolute Gasteiger partial charge is 0.311 e. The predicted octanol–water partition coefficient (Wildman–Crippen LogP) is 36.1. The first-order valence-electron chi connectivity index (χ1n) is 46.7. The van der Waals surface area contributed by atoms with E-state index in [1.807, 2.05) is 0 Å². The fourth-order valence-corrected chi connectivity index (χ4v) is 21.4. The van der Waals surface area contributed by atoms with Gasteiger partial charge in [-0.25, -0.2) is 0 Å². The minimum atomic E-state index is -0.139. The van der Waals surface area contributed by atoms with Crippen LogP contribution in [0.3, 0.4) is 0 Å². The van der Waals surface area contributed by atoms with Crippen LogP contribution in [-0.4, -0.2) is 9.13 Å². The van der Waals surface area contributed by atoms with Crippen LogP contribution in [0.5, 0.6) is 0 Å². The Balaban J connectivity index is 0.491. The van der Waals surface area contributed by atoms with Gasteiger partial charge in [-0.05, 0) is 301 Å². The molecule has 24 aromatic rings. The van der Waals surface area contributed by atoms with Crippen LogP contribution >= 0.6 is 0 Å². The molecule has 135 heavy (non-hydrogen) atoms. The molecule has 1 aliphatic carbocycles. The summed E-state index contributed by atoms with van der Waals surface area (Å²) in [6, 6.07) is 188. The van der Waals surface area contributed by atoms with E-state index in [0.717, 1.165) is 101 Å². The Labute approximate surface area is 786 Å². The van der Waals surface area contributed by atoms with E-state index in [1.54, 1.807) is 0 Å². The van der Waals surface area contributed by atoms with Crippen molar-refractivity contribution in [1.82, 2.24) is 9.13 Å². The lowest BCUT2D eigenvalue weighted by Crippen LogP contribution is -2.16. The van der Waals surface area contributed by atoms with Crippen molar-refractivity contribution in [2.24, 2.45) is 0 Å². The van der Waals surface area contributed by atoms with Crippen molar-refractivity contribution >= 4 is 99.3 Å². The fraction of sp³-hybridized carbons (Fsp3) is 0.0229. The number of hydrogen-bond donors (Lipinski definition) is 0. The highest BCUT2D eigenvalue weighted by Crippen LogP contribution is 2.54. The molecule has 0 amide bonds. The summed E-state index contributed by atoms with van der Waals surface area (Å²) < 4.78 is 4.83. The van der Waals surface area contributed by atoms with Gasteiger partial charge >= 0.3 is 0 Å². The van der Waals surface area contributed by atoms with E-state index in [1.165, 1.54) is 143 Å². The highest BCUT2D eigenvalue weighted by Gasteiger charge is 2.37. The van der Waals surface area contributed by atoms with Gasteiger partial charge in [0, 0.05) is 72.3 Å². The zero-order valence-corrected chi connectivity index (χ0v) is 74.8. The molecule has 22 aromatic carbocycles. The van der Waals surface area contributed by atoms with E-state index in [-0.39, 0.29) is 5.41 Å². The maximum atomic E-state index is 2.44. The SMILES string of the molecule is CC1(C)c2ccccc2-c2cccc(-c3ccc(N(c4ccc(-c5cccc(-c6ccc7ccccc7c6)c5)cc4)c4ccc(-c5cccc(-n6c7ccccc7c7cc(-c8ccc9cc(-c%10cccc(-c%11ccc(N(c%12ccc(-c%13cccc(-n%14c%15ccccc%15c%15ccccc%15%14)c%13)cc%12)c%12ccccc%12-c%12ccc(-c%13ccccc%13)cc%12)cc%11)c%10)ccc9c8)ccc76)c5)cc4)cc3)c21. The molecule has 2 heterocycles. The average Bonchev–Trinajstić information content (AvgIpc) is 1.57. The van der Waals surface area contributed by atoms with Crippen LogP contribution in [0.15, 0.2) is 510 Å². The molecule has 2 aromatic heterocycles. The van der Waals surface area contributed by atoms with Crippen molar-refractivity contribution in [2.75, 3.05) is 9.80 Å². The van der Waals surface area contributed by atoms with Gasteiger partial charge in [-0.3, -0.25) is 0 Å². The second kappa shape index (κ2) is 33.2. The Morgan fingerprint density at radius 2 is 0.467 bits per heavy atom. The number of fused-ring (bicyclic) bond motifs is 11. The van der Waals surface area contributed by atoms with Crippen LogP contribution in [0.4, 0.5) is 34.1 Å². The van der Waals surface area contributed by atoms with Gasteiger partial charge in [0.25, 0.3) is 0 Å². The van der Waals surface area contributed by atoms with Crippen molar-refractivity contribution in [3.8, 4) is 134 Å². The van der Waals surface area contributed by atoms with Crippen molar-refractivity contribution in [3.63, 3.8) is 0 Å². The lowest BCUT2D eigenvalue weighted by molar-refractivity contribution is 0.662. The van der Waals surface area contributed by atoms with Crippen LogP contribution < -0.4 is 9.80 Å². The summed E-state index contributed by atoms with van der Waals surface area (Å²) in [6.45, 7) is 4.75. The quantitative estimate of drug-likeness (QED) is 0.0851. The molecular weight excluding hydrogens is 1630 g/mol. The van der Waals surface area contributed by atoms with E-state index >= 15 is 0 Å². The highest BCUT2D eigenvalue weighted by molar-refractivity contribution is 6.12. The summed E-state index contributed by atoms with van der Waals surface area (Å²) in [4.78, 5) is 4.81. The lowest BCUT2D eigenvalue weighted by Gasteiger charge is -2.28. The zero-order valence-electron chi connectivity index (χ0n) is 74.8. The first-order valence-corrected chi connectivity index (χ1v) is 46.7. The standard InChI is InChI=1S/C131H90N4/c1-131(2)124-42-13-8-36-118(124)122-41-22-40-117(130(122)131)95-65-76-111(77-66-95)132(109-68-57-90(58-69-109)97-27-18-29-99(79-97)103-52-49-88-25-6-7-26-96(88)81-103)110-70-59-92(60-71-110)102-32-21-34-115(85-102)135-128-46-17-12-39-121(128)123-86-108(67-78-129(123)135)107-56-55-105-82-104(53-54-106(105)83-107)100-30-19-28-98(80-100)91-61-72-112(73-62-91)133(125-43-14-9-35-116(125)94-50-47-89(48-51-94)87-23-4-3-5-24-87)113-74-63-93(64-75-113)101-31-20-33-114(84-101)134-126-44-15-10-37-119(126)120-38-11-16-45-127(120)134/h3-86H,1-2H3. The summed E-state index contributed by atoms with van der Waals surface area (Å²) in [5.74, 6) is 0. The minimum Gasteiger partial charge on any atom is -0.311 e. The molecule has 0 N–H and O–H groups in total. The normalized spacial score (nSPS) is 12.1. The number of anilines is 6. The van der Waals surface area contributed by atoms with E-state index in [9.17, 15) is 0 Å². The van der Waals surface area contributed by atoms with Crippen molar-refractivity contribution in [3.05, 3.63) is 521 Å². The van der Waals surface area contributed by atoms with Gasteiger partial charge in [0.05, 0.1) is 27.8 Å². The van der Waals surface area contributed by atoms with Gasteiger partial charge in [0.1, 0.15) is 0 Å². The molecule has 0 fully saturated rings. The molecule has 4 heteroatoms. The second-order valence-corrected chi connectivity index (χ2v) is 36.3. The zero-order chi connectivity index (χ0) is 89.6. The van der Waals surface area contributed by atoms with Gasteiger partial charge < -0.3 is 18.9 Å². The number of para-hydroxylation sites is 4. The van der Waals surface area contributed by atoms with E-state index in [2.05, 4.69) is 542 Å². The molecule has 0 unspecified atom stereocenters. The number of hydrogen-bond acceptors (Lipinski definition) is 2. The monoisotopic (exact) mass is 1720 g/mol. The van der Waals surface area contributed by atoms with Crippen molar-refractivity contribution in [1.29, 1.82) is 0 Å². The third-order valence-electron chi connectivity index (χ3n) is 28.1. The molecule has 0 saturated heterocycles. The molecule has 0 atom stereocenters. The highest BCUT2D eigenvalue weighted by atomic mass is 15.1. The van der Waals surface area contributed by atoms with Crippen LogP contribution in [0.25, 0.3) is 199 Å². The number of benzene rings is 22. The van der Waals surface area contributed by atoms with E-state index < -0.39 is 0 Å². The third kappa shape index (κ3) is 14.3. The predicted molar refractivity (Wildman–Crippen MR) is 571 cm³/mol. The van der Waals surface area contributed by atoms with Gasteiger partial charge in [-0.1, -0.05) is 372 Å². The fourth-order valence-electron chi connectivity index (χ4n) is 21.4. The van der Waals surface area contributed by atoms with Crippen LogP contribution in [-0.2, 0) is 5.41 Å². The molecule has 634 valence electrons. The molecular formula is C131H90N4. The lowest BCUT2D eigenvalue weighted by atomic mass is 9.79. The summed E-state index contributed by atoms with van der Waals surface area (Å²) in [5.41, 5.74) is 42.1. The Hall–Kier alpha value is -17.4. The maximum Gasteiger partial charge on any atom is 0.0541 e. The first-order chi connectivity index (χ1) is 66.6. The topological polar surface area (TPSA) is 16.3 Å². The minimum absolute atomic E-state index is 0.139. The molecule has 0 aliphatic heterocycles. The Morgan fingerprint density at radius 3 is 0.985 bits per heavy atom. The van der Waals surface area contributed by atoms with E-state index in [4.69, 9.17) is 0 Å². The summed E-state index contributed by atoms with van der Waals surface area (Å²) in [7, 11) is 0. The second-order valence-electron chi connectivity index (χ2n) is 36.3. The molecule has 4 nitrogen and oxygen atoms in total. The summed E-state index contributed by atoms with van der Waals surface area (Å²) in [5, 5.41) is 9.80. The van der Waals surface area contributed by atoms with Gasteiger partial charge in [0.2, 0.25) is 0 Å². The molecule has 0 radical (unpaired) electrons. The Morgan fingerprint density at radius 1 is 0.170 bits per heavy atom. The molecule has 0 saturated carbocycles. The number of rotatable bonds is 18. The third-order valence-corrected chi connectivity index (χ3v) is 28.1. The van der Waals surface area contributed by atoms with E-state index in [0.29, 0.717) is 0 Å². The van der Waals surface area contributed by atoms with Crippen LogP contribution in [0.2, 0.25) is 0 Å². The summed E-state index contributed by atoms with van der Waals surface area (Å²) >= 11 is 0. The maximum absolute atomic E-state index is 2.44.